The van der Waals surface area contributed by atoms with E-state index >= 15 is 0 Å². The van der Waals surface area contributed by atoms with Crippen LogP contribution in [-0.4, -0.2) is 30.4 Å². The van der Waals surface area contributed by atoms with Crippen molar-refractivity contribution in [2.24, 2.45) is 0 Å². The maximum Gasteiger partial charge on any atom is 0.308 e. The number of rotatable bonds is 8. The first-order chi connectivity index (χ1) is 15.5. The van der Waals surface area contributed by atoms with E-state index in [0.29, 0.717) is 10.6 Å². The lowest BCUT2D eigenvalue weighted by Gasteiger charge is -2.19. The van der Waals surface area contributed by atoms with Crippen LogP contribution in [0, 0.1) is 0 Å². The van der Waals surface area contributed by atoms with Crippen LogP contribution in [0.4, 0.5) is 0 Å². The smallest absolute Gasteiger partial charge is 0.308 e. The van der Waals surface area contributed by atoms with Gasteiger partial charge in [-0.1, -0.05) is 79.7 Å². The average Bonchev–Trinajstić information content (AvgIpc) is 3.06. The van der Waals surface area contributed by atoms with Crippen LogP contribution in [0.3, 0.4) is 0 Å². The normalized spacial score (nSPS) is 15.3. The molecule has 2 aromatic carbocycles. The van der Waals surface area contributed by atoms with Gasteiger partial charge in [0.1, 0.15) is 0 Å². The Morgan fingerprint density at radius 3 is 2.28 bits per heavy atom. The predicted molar refractivity (Wildman–Crippen MR) is 123 cm³/mol. The number of amides is 2. The largest absolute Gasteiger partial charge is 0.456 e. The molecule has 32 heavy (non-hydrogen) atoms. The molecular weight excluding hydrogens is 428 g/mol. The Bertz CT molecular complexity index is 911. The maximum absolute atomic E-state index is 12.7. The number of ether oxygens (including phenoxy) is 1. The van der Waals surface area contributed by atoms with Crippen LogP contribution in [0.5, 0.6) is 0 Å². The van der Waals surface area contributed by atoms with Crippen LogP contribution in [0.1, 0.15) is 66.9 Å². The Morgan fingerprint density at radius 2 is 1.59 bits per heavy atom. The van der Waals surface area contributed by atoms with Gasteiger partial charge in [-0.3, -0.25) is 14.4 Å². The monoisotopic (exact) mass is 456 g/mol. The van der Waals surface area contributed by atoms with E-state index in [1.165, 1.54) is 12.8 Å². The van der Waals surface area contributed by atoms with Crippen LogP contribution >= 0.6 is 11.6 Å². The zero-order valence-electron chi connectivity index (χ0n) is 18.0. The van der Waals surface area contributed by atoms with Gasteiger partial charge in [-0.15, -0.1) is 0 Å². The van der Waals surface area contributed by atoms with Crippen LogP contribution < -0.4 is 10.6 Å². The first-order valence-electron chi connectivity index (χ1n) is 11.1. The zero-order valence-corrected chi connectivity index (χ0v) is 18.8. The highest BCUT2D eigenvalue weighted by Gasteiger charge is 2.22. The maximum atomic E-state index is 12.7. The highest BCUT2D eigenvalue weighted by molar-refractivity contribution is 6.33. The highest BCUT2D eigenvalue weighted by atomic mass is 35.5. The van der Waals surface area contributed by atoms with Gasteiger partial charge in [0.25, 0.3) is 11.8 Å². The number of nitrogens with one attached hydrogen (secondary N) is 2. The fraction of sp³-hybridized carbons (Fsp3) is 0.400. The number of esters is 1. The summed E-state index contributed by atoms with van der Waals surface area (Å²) in [4.78, 5) is 37.4. The second-order valence-electron chi connectivity index (χ2n) is 8.04. The summed E-state index contributed by atoms with van der Waals surface area (Å²) in [6, 6.07) is 15.4. The molecule has 1 fully saturated rings. The molecule has 1 saturated carbocycles. The Hall–Kier alpha value is -2.86. The third kappa shape index (κ3) is 7.38. The number of benzene rings is 2. The molecule has 7 heteroatoms. The van der Waals surface area contributed by atoms with Crippen molar-refractivity contribution in [2.75, 3.05) is 6.61 Å². The molecule has 6 nitrogen and oxygen atoms in total. The number of hydrogen-bond acceptors (Lipinski definition) is 4. The minimum Gasteiger partial charge on any atom is -0.456 e. The molecule has 1 aliphatic rings. The van der Waals surface area contributed by atoms with E-state index < -0.39 is 12.0 Å². The van der Waals surface area contributed by atoms with Crippen LogP contribution in [0.25, 0.3) is 0 Å². The van der Waals surface area contributed by atoms with Gasteiger partial charge in [0.05, 0.1) is 23.0 Å². The SMILES string of the molecule is O=C(COC(=O)CC(NC(=O)c1ccccc1Cl)c1ccccc1)NC1CCCCCC1. The van der Waals surface area contributed by atoms with Crippen LogP contribution in [-0.2, 0) is 14.3 Å². The Kier molecular flexibility index (Phi) is 9.11. The van der Waals surface area contributed by atoms with Crippen molar-refractivity contribution < 1.29 is 19.1 Å². The third-order valence-corrected chi connectivity index (χ3v) is 5.91. The quantitative estimate of drug-likeness (QED) is 0.449. The molecular formula is C25H29ClN2O4. The van der Waals surface area contributed by atoms with Crippen LogP contribution in [0.2, 0.25) is 5.02 Å². The lowest BCUT2D eigenvalue weighted by atomic mass is 10.0. The Morgan fingerprint density at radius 1 is 0.938 bits per heavy atom. The van der Waals surface area contributed by atoms with E-state index in [-0.39, 0.29) is 30.9 Å². The molecule has 1 aliphatic carbocycles. The molecule has 170 valence electrons. The molecule has 0 bridgehead atoms. The number of hydrogen-bond donors (Lipinski definition) is 2. The summed E-state index contributed by atoms with van der Waals surface area (Å²) >= 11 is 6.13. The second-order valence-corrected chi connectivity index (χ2v) is 8.44. The van der Waals surface area contributed by atoms with E-state index in [2.05, 4.69) is 10.6 Å². The highest BCUT2D eigenvalue weighted by Crippen LogP contribution is 2.21. The predicted octanol–water partition coefficient (Wildman–Crippen LogP) is 4.58. The molecule has 0 heterocycles. The molecule has 0 aliphatic heterocycles. The molecule has 0 aromatic heterocycles. The van der Waals surface area contributed by atoms with E-state index in [9.17, 15) is 14.4 Å². The Labute approximate surface area is 193 Å². The molecule has 0 radical (unpaired) electrons. The minimum absolute atomic E-state index is 0.100. The van der Waals surface area contributed by atoms with Gasteiger partial charge in [-0.25, -0.2) is 0 Å². The van der Waals surface area contributed by atoms with Crippen LogP contribution in [0.15, 0.2) is 54.6 Å². The van der Waals surface area contributed by atoms with Crippen molar-refractivity contribution in [1.29, 1.82) is 0 Å². The minimum atomic E-state index is -0.614. The summed E-state index contributed by atoms with van der Waals surface area (Å²) in [6.07, 6.45) is 6.43. The lowest BCUT2D eigenvalue weighted by Crippen LogP contribution is -2.37. The van der Waals surface area contributed by atoms with E-state index in [4.69, 9.17) is 16.3 Å². The molecule has 2 amide bonds. The molecule has 2 aromatic rings. The van der Waals surface area contributed by atoms with E-state index in [0.717, 1.165) is 31.2 Å². The molecule has 3 rings (SSSR count). The molecule has 1 atom stereocenters. The second kappa shape index (κ2) is 12.2. The van der Waals surface area contributed by atoms with Crippen molar-refractivity contribution in [2.45, 2.75) is 57.0 Å². The summed E-state index contributed by atoms with van der Waals surface area (Å²) < 4.78 is 5.21. The van der Waals surface area contributed by atoms with Gasteiger partial charge in [0.2, 0.25) is 0 Å². The number of carbonyl (C=O) groups excluding carboxylic acids is 3. The van der Waals surface area contributed by atoms with E-state index in [1.807, 2.05) is 30.3 Å². The van der Waals surface area contributed by atoms with Gasteiger partial charge in [0, 0.05) is 6.04 Å². The van der Waals surface area contributed by atoms with Crippen molar-refractivity contribution in [1.82, 2.24) is 10.6 Å². The van der Waals surface area contributed by atoms with Gasteiger partial charge in [-0.05, 0) is 30.5 Å². The van der Waals surface area contributed by atoms with Crippen molar-refractivity contribution in [3.05, 3.63) is 70.7 Å². The summed E-state index contributed by atoms with van der Waals surface area (Å²) in [5, 5.41) is 6.14. The first-order valence-corrected chi connectivity index (χ1v) is 11.5. The van der Waals surface area contributed by atoms with Gasteiger partial charge in [-0.2, -0.15) is 0 Å². The van der Waals surface area contributed by atoms with Gasteiger partial charge < -0.3 is 15.4 Å². The van der Waals surface area contributed by atoms with Crippen molar-refractivity contribution in [3.8, 4) is 0 Å². The summed E-state index contributed by atoms with van der Waals surface area (Å²) in [5.41, 5.74) is 1.08. The fourth-order valence-corrected chi connectivity index (χ4v) is 4.11. The molecule has 0 spiro atoms. The number of halogens is 1. The summed E-state index contributed by atoms with van der Waals surface area (Å²) in [5.74, 6) is -1.24. The third-order valence-electron chi connectivity index (χ3n) is 5.58. The van der Waals surface area contributed by atoms with Crippen molar-refractivity contribution in [3.63, 3.8) is 0 Å². The number of carbonyl (C=O) groups is 3. The zero-order chi connectivity index (χ0) is 22.8. The summed E-state index contributed by atoms with van der Waals surface area (Å²) in [7, 11) is 0. The molecule has 0 saturated heterocycles. The lowest BCUT2D eigenvalue weighted by molar-refractivity contribution is -0.149. The van der Waals surface area contributed by atoms with Crippen molar-refractivity contribution >= 4 is 29.4 Å². The molecule has 1 unspecified atom stereocenters. The topological polar surface area (TPSA) is 84.5 Å². The standard InChI is InChI=1S/C25H29ClN2O4/c26-21-15-9-8-14-20(21)25(31)28-22(18-10-4-3-5-11-18)16-24(30)32-17-23(29)27-19-12-6-1-2-7-13-19/h3-5,8-11,14-15,19,22H,1-2,6-7,12-13,16-17H2,(H,27,29)(H,28,31). The summed E-state index contributed by atoms with van der Waals surface area (Å²) in [6.45, 7) is -0.324. The fourth-order valence-electron chi connectivity index (χ4n) is 3.88. The van der Waals surface area contributed by atoms with Gasteiger partial charge >= 0.3 is 5.97 Å². The Balaban J connectivity index is 1.57. The van der Waals surface area contributed by atoms with E-state index in [1.54, 1.807) is 24.3 Å². The first kappa shape index (κ1) is 23.8. The van der Waals surface area contributed by atoms with Gasteiger partial charge in [0.15, 0.2) is 6.61 Å². The average molecular weight is 457 g/mol. The molecule has 2 N–H and O–H groups in total.